The van der Waals surface area contributed by atoms with Gasteiger partial charge in [-0.15, -0.1) is 11.8 Å². The summed E-state index contributed by atoms with van der Waals surface area (Å²) in [6, 6.07) is 11.4. The molecule has 0 aliphatic carbocycles. The van der Waals surface area contributed by atoms with Gasteiger partial charge < -0.3 is 23.8 Å². The number of hydrogen-bond acceptors (Lipinski definition) is 6. The molecule has 1 fully saturated rings. The smallest absolute Gasteiger partial charge is 0.234 e. The Labute approximate surface area is 169 Å². The van der Waals surface area contributed by atoms with Crippen molar-refractivity contribution in [2.24, 2.45) is 0 Å². The van der Waals surface area contributed by atoms with Crippen LogP contribution in [0.15, 0.2) is 36.4 Å². The number of nitrogens with zero attached hydrogens (tertiary/aromatic N) is 1. The Hall–Kier alpha value is -2.54. The molecule has 150 valence electrons. The standard InChI is InChI=1S/C21H25NO5S/c1-5-27-19-11-14(6-8-18(19)26-4)21-22(20(23)13-28-21)12-15-10-16(24-2)7-9-17(15)25-3/h6-11,21H,5,12-13H2,1-4H3. The molecule has 0 N–H and O–H groups in total. The van der Waals surface area contributed by atoms with Gasteiger partial charge in [-0.2, -0.15) is 0 Å². The first-order chi connectivity index (χ1) is 13.6. The van der Waals surface area contributed by atoms with Gasteiger partial charge in [-0.3, -0.25) is 4.79 Å². The number of amides is 1. The van der Waals surface area contributed by atoms with Crippen molar-refractivity contribution < 1.29 is 23.7 Å². The van der Waals surface area contributed by atoms with Gasteiger partial charge in [-0.05, 0) is 42.8 Å². The number of ether oxygens (including phenoxy) is 4. The zero-order chi connectivity index (χ0) is 20.1. The van der Waals surface area contributed by atoms with E-state index in [0.717, 1.165) is 22.6 Å². The zero-order valence-corrected chi connectivity index (χ0v) is 17.4. The molecule has 0 bridgehead atoms. The quantitative estimate of drug-likeness (QED) is 0.667. The highest BCUT2D eigenvalue weighted by Crippen LogP contribution is 2.43. The minimum absolute atomic E-state index is 0.0913. The van der Waals surface area contributed by atoms with Crippen LogP contribution in [0.4, 0.5) is 0 Å². The predicted molar refractivity (Wildman–Crippen MR) is 109 cm³/mol. The monoisotopic (exact) mass is 403 g/mol. The molecule has 1 amide bonds. The SMILES string of the molecule is CCOc1cc(C2SCC(=O)N2Cc2cc(OC)ccc2OC)ccc1OC. The van der Waals surface area contributed by atoms with Crippen molar-refractivity contribution in [3.63, 3.8) is 0 Å². The molecular formula is C21H25NO5S. The van der Waals surface area contributed by atoms with Crippen LogP contribution in [0.1, 0.15) is 23.4 Å². The van der Waals surface area contributed by atoms with E-state index in [9.17, 15) is 4.79 Å². The van der Waals surface area contributed by atoms with E-state index in [2.05, 4.69) is 0 Å². The summed E-state index contributed by atoms with van der Waals surface area (Å²) in [6.07, 6.45) is 0. The number of carbonyl (C=O) groups excluding carboxylic acids is 1. The summed E-state index contributed by atoms with van der Waals surface area (Å²) in [6.45, 7) is 2.91. The summed E-state index contributed by atoms with van der Waals surface area (Å²) in [5.74, 6) is 3.35. The summed E-state index contributed by atoms with van der Waals surface area (Å²) in [5, 5.41) is -0.103. The van der Waals surface area contributed by atoms with Gasteiger partial charge in [0.15, 0.2) is 11.5 Å². The molecule has 1 unspecified atom stereocenters. The second-order valence-corrected chi connectivity index (χ2v) is 7.27. The van der Waals surface area contributed by atoms with Crippen LogP contribution in [0.25, 0.3) is 0 Å². The molecule has 2 aromatic carbocycles. The van der Waals surface area contributed by atoms with Crippen LogP contribution in [-0.2, 0) is 11.3 Å². The molecule has 1 heterocycles. The van der Waals surface area contributed by atoms with Gasteiger partial charge >= 0.3 is 0 Å². The van der Waals surface area contributed by atoms with Crippen molar-refractivity contribution in [1.29, 1.82) is 0 Å². The second-order valence-electron chi connectivity index (χ2n) is 6.21. The van der Waals surface area contributed by atoms with E-state index in [4.69, 9.17) is 18.9 Å². The Bertz CT molecular complexity index is 842. The number of methoxy groups -OCH3 is 3. The van der Waals surface area contributed by atoms with Gasteiger partial charge in [-0.1, -0.05) is 6.07 Å². The highest BCUT2D eigenvalue weighted by Gasteiger charge is 2.34. The maximum Gasteiger partial charge on any atom is 0.234 e. The zero-order valence-electron chi connectivity index (χ0n) is 16.6. The Morgan fingerprint density at radius 3 is 2.43 bits per heavy atom. The Balaban J connectivity index is 1.91. The van der Waals surface area contributed by atoms with Gasteiger partial charge in [-0.25, -0.2) is 0 Å². The van der Waals surface area contributed by atoms with Crippen LogP contribution in [0.3, 0.4) is 0 Å². The van der Waals surface area contributed by atoms with Crippen molar-refractivity contribution in [2.45, 2.75) is 18.8 Å². The largest absolute Gasteiger partial charge is 0.497 e. The summed E-state index contributed by atoms with van der Waals surface area (Å²) in [7, 11) is 4.87. The molecule has 7 heteroatoms. The first-order valence-corrected chi connectivity index (χ1v) is 10.1. The summed E-state index contributed by atoms with van der Waals surface area (Å²) >= 11 is 1.60. The maximum atomic E-state index is 12.6. The molecule has 28 heavy (non-hydrogen) atoms. The Morgan fingerprint density at radius 2 is 1.75 bits per heavy atom. The van der Waals surface area contributed by atoms with Crippen LogP contribution in [0.5, 0.6) is 23.0 Å². The van der Waals surface area contributed by atoms with Crippen LogP contribution >= 0.6 is 11.8 Å². The maximum absolute atomic E-state index is 12.6. The lowest BCUT2D eigenvalue weighted by molar-refractivity contribution is -0.128. The lowest BCUT2D eigenvalue weighted by Gasteiger charge is -2.26. The van der Waals surface area contributed by atoms with Crippen molar-refractivity contribution in [2.75, 3.05) is 33.7 Å². The summed E-state index contributed by atoms with van der Waals surface area (Å²) in [4.78, 5) is 14.5. The fourth-order valence-electron chi connectivity index (χ4n) is 3.21. The van der Waals surface area contributed by atoms with Crippen molar-refractivity contribution >= 4 is 17.7 Å². The van der Waals surface area contributed by atoms with Crippen LogP contribution in [0.2, 0.25) is 0 Å². The summed E-state index contributed by atoms with van der Waals surface area (Å²) in [5.41, 5.74) is 1.91. The molecule has 0 spiro atoms. The molecule has 1 aliphatic rings. The normalized spacial score (nSPS) is 16.2. The van der Waals surface area contributed by atoms with E-state index in [1.807, 2.05) is 48.2 Å². The number of benzene rings is 2. The third-order valence-corrected chi connectivity index (χ3v) is 5.83. The first-order valence-electron chi connectivity index (χ1n) is 9.04. The topological polar surface area (TPSA) is 57.2 Å². The molecule has 0 radical (unpaired) electrons. The molecule has 6 nitrogen and oxygen atoms in total. The first kappa shape index (κ1) is 20.2. The highest BCUT2D eigenvalue weighted by atomic mass is 32.2. The fourth-order valence-corrected chi connectivity index (χ4v) is 4.38. The van der Waals surface area contributed by atoms with Gasteiger partial charge in [0.05, 0.1) is 40.2 Å². The van der Waals surface area contributed by atoms with Crippen molar-refractivity contribution in [3.8, 4) is 23.0 Å². The Kier molecular flexibility index (Phi) is 6.57. The summed E-state index contributed by atoms with van der Waals surface area (Å²) < 4.78 is 21.9. The third kappa shape index (κ3) is 4.14. The van der Waals surface area contributed by atoms with E-state index in [1.165, 1.54) is 0 Å². The number of hydrogen-bond donors (Lipinski definition) is 0. The van der Waals surface area contributed by atoms with Crippen LogP contribution < -0.4 is 18.9 Å². The van der Waals surface area contributed by atoms with E-state index in [1.54, 1.807) is 33.1 Å². The van der Waals surface area contributed by atoms with Gasteiger partial charge in [0, 0.05) is 5.56 Å². The lowest BCUT2D eigenvalue weighted by Crippen LogP contribution is -2.28. The molecule has 0 saturated carbocycles. The molecular weight excluding hydrogens is 378 g/mol. The minimum Gasteiger partial charge on any atom is -0.497 e. The average Bonchev–Trinajstić information content (AvgIpc) is 3.08. The Morgan fingerprint density at radius 1 is 1.00 bits per heavy atom. The minimum atomic E-state index is -0.103. The molecule has 0 aromatic heterocycles. The fraction of sp³-hybridized carbons (Fsp3) is 0.381. The third-order valence-electron chi connectivity index (χ3n) is 4.57. The van der Waals surface area contributed by atoms with Crippen molar-refractivity contribution in [1.82, 2.24) is 4.90 Å². The average molecular weight is 404 g/mol. The molecule has 3 rings (SSSR count). The van der Waals surface area contributed by atoms with E-state index in [-0.39, 0.29) is 11.3 Å². The van der Waals surface area contributed by atoms with Crippen LogP contribution in [0, 0.1) is 0 Å². The molecule has 1 atom stereocenters. The van der Waals surface area contributed by atoms with Gasteiger partial charge in [0.1, 0.15) is 16.9 Å². The number of rotatable bonds is 8. The molecule has 1 saturated heterocycles. The number of carbonyl (C=O) groups is 1. The van der Waals surface area contributed by atoms with Crippen molar-refractivity contribution in [3.05, 3.63) is 47.5 Å². The highest BCUT2D eigenvalue weighted by molar-refractivity contribution is 8.00. The van der Waals surface area contributed by atoms with E-state index >= 15 is 0 Å². The van der Waals surface area contributed by atoms with Crippen LogP contribution in [-0.4, -0.2) is 44.5 Å². The molecule has 2 aromatic rings. The molecule has 1 aliphatic heterocycles. The van der Waals surface area contributed by atoms with E-state index in [0.29, 0.717) is 30.4 Å². The predicted octanol–water partition coefficient (Wildman–Crippen LogP) is 3.89. The van der Waals surface area contributed by atoms with Gasteiger partial charge in [0.25, 0.3) is 0 Å². The van der Waals surface area contributed by atoms with E-state index < -0.39 is 0 Å². The van der Waals surface area contributed by atoms with Gasteiger partial charge in [0.2, 0.25) is 5.91 Å². The lowest BCUT2D eigenvalue weighted by atomic mass is 10.1. The second kappa shape index (κ2) is 9.10. The number of thioether (sulfide) groups is 1.